The zero-order chi connectivity index (χ0) is 12.6. The van der Waals surface area contributed by atoms with Gasteiger partial charge < -0.3 is 5.73 Å². The van der Waals surface area contributed by atoms with Crippen LogP contribution in [0.15, 0.2) is 18.2 Å². The molecule has 0 radical (unpaired) electrons. The van der Waals surface area contributed by atoms with Crippen molar-refractivity contribution in [2.75, 3.05) is 5.73 Å². The van der Waals surface area contributed by atoms with Crippen molar-refractivity contribution in [2.45, 2.75) is 27.7 Å². The predicted molar refractivity (Wildman–Crippen MR) is 70.8 cm³/mol. The second kappa shape index (κ2) is 4.17. The zero-order valence-electron chi connectivity index (χ0n) is 10.7. The molecule has 17 heavy (non-hydrogen) atoms. The van der Waals surface area contributed by atoms with E-state index in [4.69, 9.17) is 5.73 Å². The summed E-state index contributed by atoms with van der Waals surface area (Å²) in [6, 6.07) is 6.40. The van der Waals surface area contributed by atoms with Crippen LogP contribution in [0.25, 0.3) is 11.3 Å². The van der Waals surface area contributed by atoms with Crippen LogP contribution in [0, 0.1) is 27.7 Å². The van der Waals surface area contributed by atoms with Gasteiger partial charge in [0.2, 0.25) is 5.95 Å². The number of hydrogen-bond donors (Lipinski definition) is 1. The van der Waals surface area contributed by atoms with Crippen molar-refractivity contribution in [1.29, 1.82) is 0 Å². The van der Waals surface area contributed by atoms with E-state index in [1.54, 1.807) is 0 Å². The molecule has 0 atom stereocenters. The number of aromatic nitrogens is 2. The first-order valence-electron chi connectivity index (χ1n) is 5.67. The third-order valence-corrected chi connectivity index (χ3v) is 2.90. The summed E-state index contributed by atoms with van der Waals surface area (Å²) in [7, 11) is 0. The molecule has 0 aliphatic rings. The lowest BCUT2D eigenvalue weighted by molar-refractivity contribution is 1.08. The first-order chi connectivity index (χ1) is 7.97. The van der Waals surface area contributed by atoms with Crippen LogP contribution in [-0.4, -0.2) is 9.97 Å². The second-order valence-corrected chi connectivity index (χ2v) is 4.52. The maximum Gasteiger partial charge on any atom is 0.220 e. The Hall–Kier alpha value is -1.90. The lowest BCUT2D eigenvalue weighted by atomic mass is 10.0. The number of hydrogen-bond acceptors (Lipinski definition) is 3. The minimum atomic E-state index is 0.335. The largest absolute Gasteiger partial charge is 0.368 e. The van der Waals surface area contributed by atoms with Crippen molar-refractivity contribution in [3.05, 3.63) is 40.6 Å². The Bertz CT molecular complexity index is 554. The maximum atomic E-state index is 5.72. The van der Waals surface area contributed by atoms with Crippen molar-refractivity contribution in [1.82, 2.24) is 9.97 Å². The molecule has 0 saturated carbocycles. The zero-order valence-corrected chi connectivity index (χ0v) is 10.7. The molecule has 0 saturated heterocycles. The SMILES string of the molecule is Cc1cc(C)cc(-c2nc(N)nc(C)c2C)c1. The lowest BCUT2D eigenvalue weighted by Gasteiger charge is -2.10. The van der Waals surface area contributed by atoms with Crippen LogP contribution in [0.2, 0.25) is 0 Å². The van der Waals surface area contributed by atoms with E-state index in [1.807, 2.05) is 13.8 Å². The Morgan fingerprint density at radius 1 is 0.882 bits per heavy atom. The van der Waals surface area contributed by atoms with Crippen molar-refractivity contribution in [3.63, 3.8) is 0 Å². The van der Waals surface area contributed by atoms with Crippen molar-refractivity contribution in [3.8, 4) is 11.3 Å². The van der Waals surface area contributed by atoms with Gasteiger partial charge in [-0.2, -0.15) is 0 Å². The lowest BCUT2D eigenvalue weighted by Crippen LogP contribution is -2.02. The molecule has 0 amide bonds. The minimum absolute atomic E-state index is 0.335. The molecule has 3 nitrogen and oxygen atoms in total. The highest BCUT2D eigenvalue weighted by molar-refractivity contribution is 5.66. The molecule has 88 valence electrons. The average Bonchev–Trinajstić information content (AvgIpc) is 2.22. The molecular weight excluding hydrogens is 210 g/mol. The molecule has 3 heteroatoms. The molecule has 0 unspecified atom stereocenters. The predicted octanol–water partition coefficient (Wildman–Crippen LogP) is 2.96. The molecule has 0 spiro atoms. The maximum absolute atomic E-state index is 5.72. The highest BCUT2D eigenvalue weighted by Gasteiger charge is 2.09. The van der Waals surface area contributed by atoms with E-state index in [2.05, 4.69) is 42.0 Å². The monoisotopic (exact) mass is 227 g/mol. The van der Waals surface area contributed by atoms with Gasteiger partial charge in [0.05, 0.1) is 5.69 Å². The van der Waals surface area contributed by atoms with Gasteiger partial charge in [-0.25, -0.2) is 9.97 Å². The Labute approximate surface area is 102 Å². The Morgan fingerprint density at radius 2 is 1.47 bits per heavy atom. The fourth-order valence-electron chi connectivity index (χ4n) is 2.04. The van der Waals surface area contributed by atoms with E-state index in [-0.39, 0.29) is 0 Å². The van der Waals surface area contributed by atoms with Gasteiger partial charge in [0.15, 0.2) is 0 Å². The molecule has 0 aliphatic carbocycles. The third-order valence-electron chi connectivity index (χ3n) is 2.90. The van der Waals surface area contributed by atoms with Crippen LogP contribution in [0.4, 0.5) is 5.95 Å². The van der Waals surface area contributed by atoms with Crippen molar-refractivity contribution >= 4 is 5.95 Å². The third kappa shape index (κ3) is 2.28. The first kappa shape index (κ1) is 11.6. The number of nitrogen functional groups attached to an aromatic ring is 1. The summed E-state index contributed by atoms with van der Waals surface area (Å²) in [4.78, 5) is 8.52. The fourth-order valence-corrected chi connectivity index (χ4v) is 2.04. The van der Waals surface area contributed by atoms with Gasteiger partial charge in [-0.1, -0.05) is 17.2 Å². The molecule has 1 heterocycles. The molecule has 0 aliphatic heterocycles. The smallest absolute Gasteiger partial charge is 0.220 e. The molecule has 1 aromatic carbocycles. The first-order valence-corrected chi connectivity index (χ1v) is 5.67. The number of rotatable bonds is 1. The summed E-state index contributed by atoms with van der Waals surface area (Å²) in [5.41, 5.74) is 12.2. The van der Waals surface area contributed by atoms with E-state index < -0.39 is 0 Å². The van der Waals surface area contributed by atoms with E-state index in [1.165, 1.54) is 11.1 Å². The molecular formula is C14H17N3. The van der Waals surface area contributed by atoms with E-state index >= 15 is 0 Å². The van der Waals surface area contributed by atoms with E-state index in [0.29, 0.717) is 5.95 Å². The summed E-state index contributed by atoms with van der Waals surface area (Å²) in [5, 5.41) is 0. The second-order valence-electron chi connectivity index (χ2n) is 4.52. The van der Waals surface area contributed by atoms with Crippen LogP contribution >= 0.6 is 0 Å². The van der Waals surface area contributed by atoms with E-state index in [9.17, 15) is 0 Å². The van der Waals surface area contributed by atoms with Crippen LogP contribution in [0.1, 0.15) is 22.4 Å². The van der Waals surface area contributed by atoms with Crippen LogP contribution in [0.5, 0.6) is 0 Å². The molecule has 2 rings (SSSR count). The van der Waals surface area contributed by atoms with Gasteiger partial charge in [-0.3, -0.25) is 0 Å². The van der Waals surface area contributed by atoms with Gasteiger partial charge in [0.25, 0.3) is 0 Å². The molecule has 1 aromatic heterocycles. The van der Waals surface area contributed by atoms with E-state index in [0.717, 1.165) is 22.5 Å². The molecule has 2 aromatic rings. The topological polar surface area (TPSA) is 51.8 Å². The van der Waals surface area contributed by atoms with Crippen LogP contribution in [0.3, 0.4) is 0 Å². The number of nitrogens with zero attached hydrogens (tertiary/aromatic N) is 2. The summed E-state index contributed by atoms with van der Waals surface area (Å²) >= 11 is 0. The Balaban J connectivity index is 2.67. The van der Waals surface area contributed by atoms with Crippen molar-refractivity contribution in [2.24, 2.45) is 0 Å². The number of benzene rings is 1. The average molecular weight is 227 g/mol. The Morgan fingerprint density at radius 3 is 2.06 bits per heavy atom. The fraction of sp³-hybridized carbons (Fsp3) is 0.286. The highest BCUT2D eigenvalue weighted by Crippen LogP contribution is 2.25. The number of nitrogens with two attached hydrogens (primary N) is 1. The number of aryl methyl sites for hydroxylation is 3. The summed E-state index contributed by atoms with van der Waals surface area (Å²) in [6.07, 6.45) is 0. The normalized spacial score (nSPS) is 10.6. The Kier molecular flexibility index (Phi) is 2.84. The van der Waals surface area contributed by atoms with Crippen molar-refractivity contribution < 1.29 is 0 Å². The molecule has 0 fully saturated rings. The summed E-state index contributed by atoms with van der Waals surface area (Å²) < 4.78 is 0. The van der Waals surface area contributed by atoms with Gasteiger partial charge in [-0.05, 0) is 45.4 Å². The molecule has 2 N–H and O–H groups in total. The van der Waals surface area contributed by atoms with Gasteiger partial charge >= 0.3 is 0 Å². The summed E-state index contributed by atoms with van der Waals surface area (Å²) in [5.74, 6) is 0.335. The van der Waals surface area contributed by atoms with Gasteiger partial charge in [0, 0.05) is 11.3 Å². The van der Waals surface area contributed by atoms with Gasteiger partial charge in [-0.15, -0.1) is 0 Å². The summed E-state index contributed by atoms with van der Waals surface area (Å²) in [6.45, 7) is 8.16. The number of anilines is 1. The molecule has 0 bridgehead atoms. The van der Waals surface area contributed by atoms with Gasteiger partial charge in [0.1, 0.15) is 0 Å². The minimum Gasteiger partial charge on any atom is -0.368 e. The van der Waals surface area contributed by atoms with Crippen LogP contribution in [-0.2, 0) is 0 Å². The highest BCUT2D eigenvalue weighted by atomic mass is 15.0. The standard InChI is InChI=1S/C14H17N3/c1-8-5-9(2)7-12(6-8)13-10(3)11(4)16-14(15)17-13/h5-7H,1-4H3,(H2,15,16,17). The van der Waals surface area contributed by atoms with Crippen LogP contribution < -0.4 is 5.73 Å². The quantitative estimate of drug-likeness (QED) is 0.814.